The number of rotatable bonds is 1. The molecule has 0 fully saturated rings. The molecule has 2 atom stereocenters. The molecule has 0 aliphatic rings. The largest absolute Gasteiger partial charge is 0.389 e. The lowest BCUT2D eigenvalue weighted by atomic mass is 10.1. The summed E-state index contributed by atoms with van der Waals surface area (Å²) in [7, 11) is 2.65. The van der Waals surface area contributed by atoms with Crippen LogP contribution in [-0.2, 0) is 0 Å². The predicted octanol–water partition coefficient (Wildman–Crippen LogP) is 1.25. The molecule has 0 saturated carbocycles. The standard InChI is InChI=1S/C9H14NOP/c1-5-8(7(3)11)4-10-6(2)9(5)12/h4,7,11H,12H2,1-3H3. The number of aryl methyl sites for hydroxylation is 1. The molecule has 0 aliphatic carbocycles. The van der Waals surface area contributed by atoms with Crippen molar-refractivity contribution in [3.8, 4) is 0 Å². The maximum atomic E-state index is 9.37. The van der Waals surface area contributed by atoms with Crippen LogP contribution in [0.2, 0.25) is 0 Å². The molecule has 1 aromatic rings. The Hall–Kier alpha value is -0.460. The lowest BCUT2D eigenvalue weighted by Gasteiger charge is -2.11. The van der Waals surface area contributed by atoms with E-state index in [2.05, 4.69) is 14.2 Å². The fourth-order valence-corrected chi connectivity index (χ4v) is 1.42. The Morgan fingerprint density at radius 2 is 2.08 bits per heavy atom. The van der Waals surface area contributed by atoms with E-state index in [0.29, 0.717) is 0 Å². The van der Waals surface area contributed by atoms with Gasteiger partial charge in [-0.15, -0.1) is 9.24 Å². The summed E-state index contributed by atoms with van der Waals surface area (Å²) in [5.74, 6) is 0. The predicted molar refractivity (Wildman–Crippen MR) is 53.7 cm³/mol. The van der Waals surface area contributed by atoms with E-state index >= 15 is 0 Å². The highest BCUT2D eigenvalue weighted by Crippen LogP contribution is 2.16. The topological polar surface area (TPSA) is 33.1 Å². The minimum absolute atomic E-state index is 0.433. The number of hydrogen-bond donors (Lipinski definition) is 1. The van der Waals surface area contributed by atoms with Crippen molar-refractivity contribution in [1.29, 1.82) is 0 Å². The minimum Gasteiger partial charge on any atom is -0.389 e. The van der Waals surface area contributed by atoms with Gasteiger partial charge in [0.2, 0.25) is 0 Å². The van der Waals surface area contributed by atoms with Crippen LogP contribution in [0, 0.1) is 13.8 Å². The number of hydrogen-bond acceptors (Lipinski definition) is 2. The molecule has 1 heterocycles. The van der Waals surface area contributed by atoms with E-state index in [0.717, 1.165) is 22.1 Å². The molecule has 0 bridgehead atoms. The van der Waals surface area contributed by atoms with Crippen molar-refractivity contribution < 1.29 is 5.11 Å². The summed E-state index contributed by atoms with van der Waals surface area (Å²) in [4.78, 5) is 4.18. The van der Waals surface area contributed by atoms with Crippen molar-refractivity contribution in [2.75, 3.05) is 0 Å². The Morgan fingerprint density at radius 3 is 2.58 bits per heavy atom. The zero-order valence-electron chi connectivity index (χ0n) is 7.63. The third-order valence-corrected chi connectivity index (χ3v) is 2.92. The van der Waals surface area contributed by atoms with Gasteiger partial charge in [0.15, 0.2) is 0 Å². The maximum Gasteiger partial charge on any atom is 0.0779 e. The Morgan fingerprint density at radius 1 is 1.50 bits per heavy atom. The van der Waals surface area contributed by atoms with Crippen molar-refractivity contribution >= 4 is 14.5 Å². The Labute approximate surface area is 75.2 Å². The zero-order chi connectivity index (χ0) is 9.30. The molecule has 0 saturated heterocycles. The second kappa shape index (κ2) is 3.51. The summed E-state index contributed by atoms with van der Waals surface area (Å²) in [5, 5.41) is 10.5. The normalized spacial score (nSPS) is 13.1. The average Bonchev–Trinajstić information content (AvgIpc) is 2.00. The fourth-order valence-electron chi connectivity index (χ4n) is 1.18. The molecule has 2 unspecified atom stereocenters. The van der Waals surface area contributed by atoms with Gasteiger partial charge in [0.1, 0.15) is 0 Å². The van der Waals surface area contributed by atoms with E-state index in [1.165, 1.54) is 0 Å². The molecule has 66 valence electrons. The lowest BCUT2D eigenvalue weighted by molar-refractivity contribution is 0.198. The summed E-state index contributed by atoms with van der Waals surface area (Å²) in [6.45, 7) is 5.71. The highest BCUT2D eigenvalue weighted by Gasteiger charge is 2.08. The van der Waals surface area contributed by atoms with Crippen LogP contribution < -0.4 is 5.30 Å². The molecule has 1 N–H and O–H groups in total. The summed E-state index contributed by atoms with van der Waals surface area (Å²) < 4.78 is 0. The first-order valence-electron chi connectivity index (χ1n) is 3.93. The van der Waals surface area contributed by atoms with Crippen LogP contribution in [0.15, 0.2) is 6.20 Å². The first-order valence-corrected chi connectivity index (χ1v) is 4.51. The van der Waals surface area contributed by atoms with Gasteiger partial charge in [0, 0.05) is 17.5 Å². The van der Waals surface area contributed by atoms with Gasteiger partial charge in [0.05, 0.1) is 6.10 Å². The summed E-state index contributed by atoms with van der Waals surface area (Å²) in [6, 6.07) is 0. The van der Waals surface area contributed by atoms with Gasteiger partial charge >= 0.3 is 0 Å². The molecular formula is C9H14NOP. The van der Waals surface area contributed by atoms with Crippen LogP contribution in [0.3, 0.4) is 0 Å². The van der Waals surface area contributed by atoms with E-state index in [-0.39, 0.29) is 0 Å². The molecule has 2 nitrogen and oxygen atoms in total. The number of pyridine rings is 1. The first-order chi connectivity index (χ1) is 5.54. The van der Waals surface area contributed by atoms with Crippen molar-refractivity contribution in [2.24, 2.45) is 0 Å². The monoisotopic (exact) mass is 183 g/mol. The highest BCUT2D eigenvalue weighted by molar-refractivity contribution is 7.27. The second-order valence-corrected chi connectivity index (χ2v) is 3.59. The maximum absolute atomic E-state index is 9.37. The Bertz CT molecular complexity index is 297. The Kier molecular flexibility index (Phi) is 2.81. The molecule has 3 heteroatoms. The van der Waals surface area contributed by atoms with E-state index < -0.39 is 6.10 Å². The third kappa shape index (κ3) is 1.65. The van der Waals surface area contributed by atoms with Gasteiger partial charge in [-0.1, -0.05) is 0 Å². The van der Waals surface area contributed by atoms with Gasteiger partial charge in [-0.05, 0) is 31.6 Å². The molecule has 1 rings (SSSR count). The minimum atomic E-state index is -0.433. The van der Waals surface area contributed by atoms with Crippen molar-refractivity contribution in [3.05, 3.63) is 23.0 Å². The van der Waals surface area contributed by atoms with Gasteiger partial charge in [0.25, 0.3) is 0 Å². The molecule has 0 aliphatic heterocycles. The fraction of sp³-hybridized carbons (Fsp3) is 0.444. The van der Waals surface area contributed by atoms with Crippen LogP contribution >= 0.6 is 9.24 Å². The summed E-state index contributed by atoms with van der Waals surface area (Å²) in [6.07, 6.45) is 1.31. The zero-order valence-corrected chi connectivity index (χ0v) is 8.78. The molecule has 12 heavy (non-hydrogen) atoms. The SMILES string of the molecule is Cc1ncc(C(C)O)c(C)c1P. The Balaban J connectivity index is 3.27. The van der Waals surface area contributed by atoms with Crippen molar-refractivity contribution in [1.82, 2.24) is 4.98 Å². The first kappa shape index (κ1) is 9.63. The molecule has 0 spiro atoms. The highest BCUT2D eigenvalue weighted by atomic mass is 31.0. The van der Waals surface area contributed by atoms with Gasteiger partial charge in [-0.2, -0.15) is 0 Å². The van der Waals surface area contributed by atoms with Gasteiger partial charge in [-0.25, -0.2) is 0 Å². The van der Waals surface area contributed by atoms with Gasteiger partial charge < -0.3 is 5.11 Å². The molecular weight excluding hydrogens is 169 g/mol. The molecule has 1 aromatic heterocycles. The van der Waals surface area contributed by atoms with Crippen molar-refractivity contribution in [2.45, 2.75) is 26.9 Å². The number of aliphatic hydroxyl groups excluding tert-OH is 1. The quantitative estimate of drug-likeness (QED) is 0.665. The third-order valence-electron chi connectivity index (χ3n) is 2.07. The van der Waals surface area contributed by atoms with E-state index in [9.17, 15) is 5.11 Å². The van der Waals surface area contributed by atoms with Crippen LogP contribution in [0.25, 0.3) is 0 Å². The molecule has 0 radical (unpaired) electrons. The van der Waals surface area contributed by atoms with Gasteiger partial charge in [-0.3, -0.25) is 4.98 Å². The average molecular weight is 183 g/mol. The number of aromatic nitrogens is 1. The summed E-state index contributed by atoms with van der Waals surface area (Å²) >= 11 is 0. The number of nitrogens with zero attached hydrogens (tertiary/aromatic N) is 1. The van der Waals surface area contributed by atoms with E-state index in [1.54, 1.807) is 13.1 Å². The van der Waals surface area contributed by atoms with Crippen LogP contribution in [0.5, 0.6) is 0 Å². The van der Waals surface area contributed by atoms with Crippen LogP contribution in [-0.4, -0.2) is 10.1 Å². The van der Waals surface area contributed by atoms with Crippen LogP contribution in [0.1, 0.15) is 29.8 Å². The number of aliphatic hydroxyl groups is 1. The molecule has 0 amide bonds. The van der Waals surface area contributed by atoms with Crippen LogP contribution in [0.4, 0.5) is 0 Å². The summed E-state index contributed by atoms with van der Waals surface area (Å²) in [5.41, 5.74) is 3.02. The lowest BCUT2D eigenvalue weighted by Crippen LogP contribution is -2.10. The van der Waals surface area contributed by atoms with Crippen molar-refractivity contribution in [3.63, 3.8) is 0 Å². The smallest absolute Gasteiger partial charge is 0.0779 e. The van der Waals surface area contributed by atoms with E-state index in [1.807, 2.05) is 13.8 Å². The van der Waals surface area contributed by atoms with E-state index in [4.69, 9.17) is 0 Å². The second-order valence-electron chi connectivity index (χ2n) is 3.01. The molecule has 0 aromatic carbocycles.